The Bertz CT molecular complexity index is 149. The molecule has 0 rings (SSSR count). The van der Waals surface area contributed by atoms with Crippen LogP contribution in [0.4, 0.5) is 0 Å². The molecule has 0 aliphatic rings. The molecule has 0 fully saturated rings. The molecule has 0 spiro atoms. The van der Waals surface area contributed by atoms with Gasteiger partial charge in [0.1, 0.15) is 0 Å². The molecule has 0 heteroatoms. The summed E-state index contributed by atoms with van der Waals surface area (Å²) in [5.41, 5.74) is -0.620. The van der Waals surface area contributed by atoms with Crippen molar-refractivity contribution in [2.75, 3.05) is 0 Å². The van der Waals surface area contributed by atoms with Crippen LogP contribution < -0.4 is 0 Å². The summed E-state index contributed by atoms with van der Waals surface area (Å²) < 4.78 is 29.8. The van der Waals surface area contributed by atoms with Gasteiger partial charge in [-0.25, -0.2) is 0 Å². The smallest absolute Gasteiger partial charge is 0.0269 e. The van der Waals surface area contributed by atoms with Crippen molar-refractivity contribution in [2.24, 2.45) is 5.41 Å². The third-order valence-corrected chi connectivity index (χ3v) is 1.30. The Labute approximate surface area is 58.9 Å². The molecule has 0 N–H and O–H groups in total. The fourth-order valence-electron chi connectivity index (χ4n) is 0.530. The summed E-state index contributed by atoms with van der Waals surface area (Å²) in [5.74, 6) is 0. The topological polar surface area (TPSA) is 0 Å². The van der Waals surface area contributed by atoms with E-state index in [0.29, 0.717) is 0 Å². The van der Waals surface area contributed by atoms with Gasteiger partial charge in [0, 0.05) is 5.48 Å². The summed E-state index contributed by atoms with van der Waals surface area (Å²) in [5, 5.41) is 0. The molecule has 0 aliphatic heterocycles. The minimum atomic E-state index is -1.34. The predicted molar refractivity (Wildman–Crippen MR) is 39.0 cm³/mol. The lowest BCUT2D eigenvalue weighted by Gasteiger charge is -2.20. The van der Waals surface area contributed by atoms with Crippen LogP contribution in [0.15, 0.2) is 0 Å². The Morgan fingerprint density at radius 3 is 2.00 bits per heavy atom. The van der Waals surface area contributed by atoms with E-state index in [1.807, 2.05) is 0 Å². The van der Waals surface area contributed by atoms with Crippen molar-refractivity contribution >= 4 is 0 Å². The van der Waals surface area contributed by atoms with Crippen LogP contribution in [0.5, 0.6) is 0 Å². The van der Waals surface area contributed by atoms with Crippen LogP contribution in [-0.2, 0) is 0 Å². The van der Waals surface area contributed by atoms with Crippen LogP contribution in [0.2, 0.25) is 0 Å². The highest BCUT2D eigenvalue weighted by molar-refractivity contribution is 4.63. The molecule has 0 amide bonds. The summed E-state index contributed by atoms with van der Waals surface area (Å²) in [6.07, 6.45) is -2.40. The zero-order chi connectivity index (χ0) is 10.2. The van der Waals surface area contributed by atoms with Crippen molar-refractivity contribution in [3.63, 3.8) is 0 Å². The minimum absolute atomic E-state index is 0.240. The maximum atomic E-state index is 7.51. The molecule has 0 heterocycles. The van der Waals surface area contributed by atoms with E-state index in [-0.39, 0.29) is 6.42 Å². The average Bonchev–Trinajstić information content (AvgIpc) is 1.52. The van der Waals surface area contributed by atoms with Gasteiger partial charge in [0.25, 0.3) is 0 Å². The second-order valence-electron chi connectivity index (χ2n) is 2.66. The molecule has 0 aromatic rings. The third-order valence-electron chi connectivity index (χ3n) is 1.30. The van der Waals surface area contributed by atoms with Crippen LogP contribution in [-0.4, -0.2) is 0 Å². The standard InChI is InChI=1S/C8H18/c1-5-7-8(3,4)6-2/h5-7H2,1-4H3/i5D2,6D2. The minimum Gasteiger partial charge on any atom is -0.0654 e. The molecule has 0 bridgehead atoms. The zero-order valence-corrected chi connectivity index (χ0v) is 6.21. The molecule has 0 saturated heterocycles. The van der Waals surface area contributed by atoms with Crippen LogP contribution in [0.3, 0.4) is 0 Å². The van der Waals surface area contributed by atoms with Crippen molar-refractivity contribution in [3.8, 4) is 0 Å². The number of hydrogen-bond acceptors (Lipinski definition) is 0. The Morgan fingerprint density at radius 1 is 1.38 bits per heavy atom. The monoisotopic (exact) mass is 118 g/mol. The zero-order valence-electron chi connectivity index (χ0n) is 10.2. The summed E-state index contributed by atoms with van der Waals surface area (Å²) in [4.78, 5) is 0. The second kappa shape index (κ2) is 3.11. The van der Waals surface area contributed by atoms with Gasteiger partial charge in [-0.1, -0.05) is 40.4 Å². The molecule has 0 aromatic carbocycles. The quantitative estimate of drug-likeness (QED) is 0.533. The van der Waals surface area contributed by atoms with Gasteiger partial charge in [-0.3, -0.25) is 0 Å². The molecule has 0 aromatic heterocycles. The van der Waals surface area contributed by atoms with Crippen molar-refractivity contribution in [1.82, 2.24) is 0 Å². The lowest BCUT2D eigenvalue weighted by molar-refractivity contribution is 0.319. The highest BCUT2D eigenvalue weighted by Gasteiger charge is 2.11. The maximum absolute atomic E-state index is 7.51. The Hall–Kier alpha value is 0. The lowest BCUT2D eigenvalue weighted by Crippen LogP contribution is -2.07. The largest absolute Gasteiger partial charge is 0.0654 e. The molecule has 0 saturated carbocycles. The first-order valence-electron chi connectivity index (χ1n) is 4.96. The van der Waals surface area contributed by atoms with E-state index >= 15 is 0 Å². The second-order valence-corrected chi connectivity index (χ2v) is 2.66. The maximum Gasteiger partial charge on any atom is 0.0269 e. The van der Waals surface area contributed by atoms with E-state index in [1.165, 1.54) is 13.8 Å². The van der Waals surface area contributed by atoms with Gasteiger partial charge in [-0.2, -0.15) is 0 Å². The van der Waals surface area contributed by atoms with Crippen molar-refractivity contribution < 1.29 is 5.48 Å². The van der Waals surface area contributed by atoms with Gasteiger partial charge in [0.2, 0.25) is 0 Å². The predicted octanol–water partition coefficient (Wildman–Crippen LogP) is 3.22. The van der Waals surface area contributed by atoms with E-state index in [4.69, 9.17) is 5.48 Å². The molecule has 0 atom stereocenters. The van der Waals surface area contributed by atoms with Crippen LogP contribution in [0, 0.1) is 5.41 Å². The number of rotatable bonds is 3. The Balaban J connectivity index is 4.44. The molecule has 0 aliphatic carbocycles. The summed E-state index contributed by atoms with van der Waals surface area (Å²) in [6.45, 7) is 6.50. The van der Waals surface area contributed by atoms with E-state index < -0.39 is 18.2 Å². The molecule has 0 unspecified atom stereocenters. The van der Waals surface area contributed by atoms with E-state index in [1.54, 1.807) is 13.8 Å². The molecule has 8 heavy (non-hydrogen) atoms. The number of hydrogen-bond donors (Lipinski definition) is 0. The SMILES string of the molecule is [2H]C([2H])(C)CC(C)(C)C([2H])([2H])C. The molecular weight excluding hydrogens is 96.1 g/mol. The van der Waals surface area contributed by atoms with Gasteiger partial charge < -0.3 is 0 Å². The third kappa shape index (κ3) is 3.06. The lowest BCUT2D eigenvalue weighted by atomic mass is 9.86. The van der Waals surface area contributed by atoms with E-state index in [0.717, 1.165) is 0 Å². The summed E-state index contributed by atoms with van der Waals surface area (Å²) >= 11 is 0. The molecule has 50 valence electrons. The van der Waals surface area contributed by atoms with Gasteiger partial charge in [-0.15, -0.1) is 0 Å². The van der Waals surface area contributed by atoms with Gasteiger partial charge in [0.05, 0.1) is 0 Å². The molecular formula is C8H18. The first-order chi connectivity index (χ1) is 4.96. The first-order valence-corrected chi connectivity index (χ1v) is 2.96. The van der Waals surface area contributed by atoms with Crippen LogP contribution >= 0.6 is 0 Å². The summed E-state index contributed by atoms with van der Waals surface area (Å²) in [6, 6.07) is 0. The van der Waals surface area contributed by atoms with E-state index in [9.17, 15) is 0 Å². The highest BCUT2D eigenvalue weighted by Crippen LogP contribution is 2.25. The van der Waals surface area contributed by atoms with Gasteiger partial charge in [-0.05, 0) is 11.8 Å². The van der Waals surface area contributed by atoms with Gasteiger partial charge >= 0.3 is 0 Å². The normalized spacial score (nSPS) is 23.0. The Kier molecular flexibility index (Phi) is 1.26. The Morgan fingerprint density at radius 2 is 1.88 bits per heavy atom. The van der Waals surface area contributed by atoms with Crippen LogP contribution in [0.25, 0.3) is 0 Å². The van der Waals surface area contributed by atoms with Crippen molar-refractivity contribution in [1.29, 1.82) is 0 Å². The van der Waals surface area contributed by atoms with Crippen LogP contribution in [0.1, 0.15) is 52.3 Å². The highest BCUT2D eigenvalue weighted by atomic mass is 14.2. The molecule has 0 nitrogen and oxygen atoms in total. The van der Waals surface area contributed by atoms with Gasteiger partial charge in [0.15, 0.2) is 0 Å². The molecule has 0 radical (unpaired) electrons. The fourth-order valence-corrected chi connectivity index (χ4v) is 0.530. The van der Waals surface area contributed by atoms with Crippen molar-refractivity contribution in [3.05, 3.63) is 0 Å². The summed E-state index contributed by atoms with van der Waals surface area (Å²) in [7, 11) is 0. The van der Waals surface area contributed by atoms with Crippen molar-refractivity contribution in [2.45, 2.75) is 46.9 Å². The van der Waals surface area contributed by atoms with E-state index in [2.05, 4.69) is 0 Å². The first kappa shape index (κ1) is 3.24. The fraction of sp³-hybridized carbons (Fsp3) is 1.00. The average molecular weight is 118 g/mol.